The first kappa shape index (κ1) is 15.1. The number of allylic oxidation sites excluding steroid dienone is 1. The van der Waals surface area contributed by atoms with Gasteiger partial charge in [0.2, 0.25) is 5.82 Å². The second-order valence-corrected chi connectivity index (χ2v) is 5.15. The van der Waals surface area contributed by atoms with Crippen LogP contribution in [0.25, 0.3) is 10.6 Å². The quantitative estimate of drug-likeness (QED) is 0.471. The van der Waals surface area contributed by atoms with E-state index in [-0.39, 0.29) is 10.6 Å². The van der Waals surface area contributed by atoms with Crippen LogP contribution in [0.3, 0.4) is 0 Å². The van der Waals surface area contributed by atoms with Gasteiger partial charge < -0.3 is 0 Å². The van der Waals surface area contributed by atoms with E-state index in [1.54, 1.807) is 23.6 Å². The molecule has 2 aromatic rings. The highest BCUT2D eigenvalue weighted by Gasteiger charge is 2.23. The Morgan fingerprint density at radius 3 is 2.67 bits per heavy atom. The normalized spacial score (nSPS) is 11.7. The fourth-order valence-corrected chi connectivity index (χ4v) is 2.70. The Labute approximate surface area is 126 Å². The molecule has 8 heteroatoms. The number of halogens is 3. The van der Waals surface area contributed by atoms with Gasteiger partial charge in [-0.05, 0) is 17.5 Å². The van der Waals surface area contributed by atoms with Gasteiger partial charge in [-0.3, -0.25) is 10.1 Å². The van der Waals surface area contributed by atoms with Gasteiger partial charge in [0.15, 0.2) is 0 Å². The number of nitriles is 1. The maximum absolute atomic E-state index is 14.1. The Hall–Kier alpha value is -2.30. The molecule has 0 unspecified atom stereocenters. The standard InChI is InChI=1S/C13H5ClF2N2O2S/c14-12(9(6-17)11-2-1-3-21-11)8-4-7(15)5-10(13(8)16)18(19)20/h1-5H/b12-9+. The number of nitro groups is 1. The molecule has 1 aromatic carbocycles. The van der Waals surface area contributed by atoms with Gasteiger partial charge in [0.25, 0.3) is 0 Å². The van der Waals surface area contributed by atoms with Crippen LogP contribution in [0.1, 0.15) is 10.4 Å². The molecule has 0 N–H and O–H groups in total. The van der Waals surface area contributed by atoms with Crippen LogP contribution in [0.2, 0.25) is 0 Å². The third kappa shape index (κ3) is 2.91. The maximum Gasteiger partial charge on any atom is 0.308 e. The monoisotopic (exact) mass is 326 g/mol. The lowest BCUT2D eigenvalue weighted by molar-refractivity contribution is -0.387. The van der Waals surface area contributed by atoms with Crippen molar-refractivity contribution in [1.29, 1.82) is 5.26 Å². The minimum atomic E-state index is -1.28. The zero-order chi connectivity index (χ0) is 15.6. The fourth-order valence-electron chi connectivity index (χ4n) is 1.64. The van der Waals surface area contributed by atoms with Crippen LogP contribution >= 0.6 is 22.9 Å². The van der Waals surface area contributed by atoms with Crippen molar-refractivity contribution in [2.45, 2.75) is 0 Å². The van der Waals surface area contributed by atoms with E-state index in [2.05, 4.69) is 0 Å². The number of hydrogen-bond donors (Lipinski definition) is 0. The molecule has 2 rings (SSSR count). The van der Waals surface area contributed by atoms with Crippen molar-refractivity contribution in [3.8, 4) is 6.07 Å². The van der Waals surface area contributed by atoms with Crippen molar-refractivity contribution >= 4 is 39.2 Å². The summed E-state index contributed by atoms with van der Waals surface area (Å²) in [4.78, 5) is 10.1. The summed E-state index contributed by atoms with van der Waals surface area (Å²) in [5.41, 5.74) is -1.63. The second-order valence-electron chi connectivity index (χ2n) is 3.82. The van der Waals surface area contributed by atoms with E-state index >= 15 is 0 Å². The average molecular weight is 327 g/mol. The van der Waals surface area contributed by atoms with Crippen LogP contribution in [-0.2, 0) is 0 Å². The zero-order valence-corrected chi connectivity index (χ0v) is 11.7. The van der Waals surface area contributed by atoms with Gasteiger partial charge >= 0.3 is 5.69 Å². The second kappa shape index (κ2) is 5.99. The van der Waals surface area contributed by atoms with Crippen LogP contribution in [0.5, 0.6) is 0 Å². The van der Waals surface area contributed by atoms with Crippen LogP contribution < -0.4 is 0 Å². The minimum Gasteiger partial charge on any atom is -0.258 e. The molecular weight excluding hydrogens is 322 g/mol. The number of nitro benzene ring substituents is 1. The van der Waals surface area contributed by atoms with Crippen LogP contribution in [-0.4, -0.2) is 4.92 Å². The molecule has 0 bridgehead atoms. The van der Waals surface area contributed by atoms with Gasteiger partial charge in [-0.1, -0.05) is 17.7 Å². The van der Waals surface area contributed by atoms with Gasteiger partial charge in [0.1, 0.15) is 11.9 Å². The summed E-state index contributed by atoms with van der Waals surface area (Å²) in [6, 6.07) is 6.21. The highest BCUT2D eigenvalue weighted by Crippen LogP contribution is 2.35. The molecule has 0 spiro atoms. The Bertz CT molecular complexity index is 782. The molecule has 0 saturated heterocycles. The number of thiophene rings is 1. The SMILES string of the molecule is N#C/C(=C(\Cl)c1cc(F)cc([N+](=O)[O-])c1F)c1cccs1. The van der Waals surface area contributed by atoms with Crippen LogP contribution in [0, 0.1) is 33.1 Å². The van der Waals surface area contributed by atoms with Gasteiger partial charge in [-0.25, -0.2) is 4.39 Å². The van der Waals surface area contributed by atoms with Crippen molar-refractivity contribution < 1.29 is 13.7 Å². The highest BCUT2D eigenvalue weighted by atomic mass is 35.5. The van der Waals surface area contributed by atoms with E-state index < -0.39 is 27.8 Å². The average Bonchev–Trinajstić information content (AvgIpc) is 2.95. The third-order valence-corrected chi connectivity index (χ3v) is 3.83. The molecule has 0 saturated carbocycles. The van der Waals surface area contributed by atoms with Crippen molar-refractivity contribution in [3.05, 3.63) is 61.8 Å². The molecular formula is C13H5ClF2N2O2S. The summed E-state index contributed by atoms with van der Waals surface area (Å²) in [7, 11) is 0. The predicted octanol–water partition coefficient (Wildman–Crippen LogP) is 4.57. The molecule has 0 atom stereocenters. The summed E-state index contributed by atoms with van der Waals surface area (Å²) >= 11 is 7.14. The summed E-state index contributed by atoms with van der Waals surface area (Å²) < 4.78 is 27.5. The molecule has 1 aromatic heterocycles. The van der Waals surface area contributed by atoms with Gasteiger partial charge in [-0.2, -0.15) is 9.65 Å². The van der Waals surface area contributed by atoms with E-state index in [4.69, 9.17) is 16.9 Å². The topological polar surface area (TPSA) is 66.9 Å². The number of benzene rings is 1. The molecule has 0 aliphatic carbocycles. The smallest absolute Gasteiger partial charge is 0.258 e. The van der Waals surface area contributed by atoms with E-state index in [9.17, 15) is 18.9 Å². The zero-order valence-electron chi connectivity index (χ0n) is 10.1. The summed E-state index contributed by atoms with van der Waals surface area (Å²) in [5.74, 6) is -2.30. The molecule has 1 heterocycles. The summed E-state index contributed by atoms with van der Waals surface area (Å²) in [6.45, 7) is 0. The van der Waals surface area contributed by atoms with Crippen molar-refractivity contribution in [3.63, 3.8) is 0 Å². The van der Waals surface area contributed by atoms with Crippen molar-refractivity contribution in [2.24, 2.45) is 0 Å². The molecule has 4 nitrogen and oxygen atoms in total. The molecule has 0 aliphatic rings. The van der Waals surface area contributed by atoms with Crippen molar-refractivity contribution in [2.75, 3.05) is 0 Å². The first-order valence-electron chi connectivity index (χ1n) is 5.43. The van der Waals surface area contributed by atoms with Gasteiger partial charge in [0.05, 0.1) is 21.6 Å². The molecule has 0 amide bonds. The number of hydrogen-bond acceptors (Lipinski definition) is 4. The molecule has 0 radical (unpaired) electrons. The predicted molar refractivity (Wildman–Crippen MR) is 75.6 cm³/mol. The first-order valence-corrected chi connectivity index (χ1v) is 6.69. The van der Waals surface area contributed by atoms with E-state index in [1.807, 2.05) is 0 Å². The lowest BCUT2D eigenvalue weighted by atomic mass is 10.1. The Morgan fingerprint density at radius 1 is 1.43 bits per heavy atom. The molecule has 21 heavy (non-hydrogen) atoms. The Balaban J connectivity index is 2.71. The van der Waals surface area contributed by atoms with Crippen molar-refractivity contribution in [1.82, 2.24) is 0 Å². The summed E-state index contributed by atoms with van der Waals surface area (Å²) in [6.07, 6.45) is 0. The fraction of sp³-hybridized carbons (Fsp3) is 0. The first-order chi connectivity index (χ1) is 9.95. The number of nitrogens with zero attached hydrogens (tertiary/aromatic N) is 2. The third-order valence-electron chi connectivity index (χ3n) is 2.55. The highest BCUT2D eigenvalue weighted by molar-refractivity contribution is 7.11. The Morgan fingerprint density at radius 2 is 2.14 bits per heavy atom. The van der Waals surface area contributed by atoms with Crippen LogP contribution in [0.15, 0.2) is 29.6 Å². The molecule has 0 fully saturated rings. The largest absolute Gasteiger partial charge is 0.308 e. The van der Waals surface area contributed by atoms with Crippen LogP contribution in [0.4, 0.5) is 14.5 Å². The van der Waals surface area contributed by atoms with Gasteiger partial charge in [-0.15, -0.1) is 11.3 Å². The summed E-state index contributed by atoms with van der Waals surface area (Å²) in [5, 5.41) is 21.1. The van der Waals surface area contributed by atoms with E-state index in [0.717, 1.165) is 6.07 Å². The molecule has 0 aliphatic heterocycles. The minimum absolute atomic E-state index is 0.0783. The Kier molecular flexibility index (Phi) is 4.31. The maximum atomic E-state index is 14.1. The lowest BCUT2D eigenvalue weighted by Crippen LogP contribution is -1.98. The lowest BCUT2D eigenvalue weighted by Gasteiger charge is -2.05. The van der Waals surface area contributed by atoms with E-state index in [1.165, 1.54) is 11.3 Å². The van der Waals surface area contributed by atoms with Gasteiger partial charge in [0, 0.05) is 10.4 Å². The van der Waals surface area contributed by atoms with E-state index in [0.29, 0.717) is 10.9 Å². The number of rotatable bonds is 3. The molecule has 106 valence electrons.